The van der Waals surface area contributed by atoms with Crippen molar-refractivity contribution in [1.82, 2.24) is 15.1 Å². The SMILES string of the molecule is O=C(NC(Cc1ccccc1)C(=O)N1CCN(Cc2ccc(Cl)cc2)CC1)c1ccco1. The molecule has 0 bridgehead atoms. The Hall–Kier alpha value is -3.09. The molecule has 3 aromatic rings. The summed E-state index contributed by atoms with van der Waals surface area (Å²) in [7, 11) is 0. The van der Waals surface area contributed by atoms with Gasteiger partial charge in [-0.1, -0.05) is 54.1 Å². The topological polar surface area (TPSA) is 65.8 Å². The summed E-state index contributed by atoms with van der Waals surface area (Å²) in [4.78, 5) is 30.1. The number of benzene rings is 2. The van der Waals surface area contributed by atoms with Gasteiger partial charge < -0.3 is 14.6 Å². The molecule has 6 nitrogen and oxygen atoms in total. The van der Waals surface area contributed by atoms with E-state index in [9.17, 15) is 9.59 Å². The van der Waals surface area contributed by atoms with E-state index in [0.29, 0.717) is 19.5 Å². The van der Waals surface area contributed by atoms with Gasteiger partial charge in [0.05, 0.1) is 6.26 Å². The van der Waals surface area contributed by atoms with Crippen molar-refractivity contribution >= 4 is 23.4 Å². The molecule has 1 saturated heterocycles. The molecule has 2 heterocycles. The predicted octanol–water partition coefficient (Wildman–Crippen LogP) is 3.62. The first-order valence-electron chi connectivity index (χ1n) is 10.7. The summed E-state index contributed by atoms with van der Waals surface area (Å²) in [6, 6.07) is 20.2. The number of hydrogen-bond acceptors (Lipinski definition) is 4. The normalized spacial score (nSPS) is 15.3. The van der Waals surface area contributed by atoms with Crippen LogP contribution in [-0.2, 0) is 17.8 Å². The molecule has 166 valence electrons. The lowest BCUT2D eigenvalue weighted by Crippen LogP contribution is -2.55. The zero-order valence-electron chi connectivity index (χ0n) is 17.7. The van der Waals surface area contributed by atoms with E-state index in [2.05, 4.69) is 10.2 Å². The van der Waals surface area contributed by atoms with Crippen LogP contribution in [0.4, 0.5) is 0 Å². The summed E-state index contributed by atoms with van der Waals surface area (Å²) >= 11 is 5.97. The Bertz CT molecular complexity index is 1010. The summed E-state index contributed by atoms with van der Waals surface area (Å²) in [6.07, 6.45) is 1.87. The van der Waals surface area contributed by atoms with E-state index in [4.69, 9.17) is 16.0 Å². The number of rotatable bonds is 7. The highest BCUT2D eigenvalue weighted by Crippen LogP contribution is 2.14. The fourth-order valence-corrected chi connectivity index (χ4v) is 4.01. The number of carbonyl (C=O) groups is 2. The summed E-state index contributed by atoms with van der Waals surface area (Å²) in [6.45, 7) is 3.61. The van der Waals surface area contributed by atoms with E-state index in [1.54, 1.807) is 12.1 Å². The van der Waals surface area contributed by atoms with Crippen LogP contribution < -0.4 is 5.32 Å². The lowest BCUT2D eigenvalue weighted by atomic mass is 10.0. The van der Waals surface area contributed by atoms with Gasteiger partial charge in [-0.2, -0.15) is 0 Å². The third kappa shape index (κ3) is 5.78. The predicted molar refractivity (Wildman–Crippen MR) is 123 cm³/mol. The fraction of sp³-hybridized carbons (Fsp3) is 0.280. The molecule has 4 rings (SSSR count). The Balaban J connectivity index is 1.39. The lowest BCUT2D eigenvalue weighted by Gasteiger charge is -2.36. The van der Waals surface area contributed by atoms with Gasteiger partial charge >= 0.3 is 0 Å². The van der Waals surface area contributed by atoms with Gasteiger partial charge in [0.15, 0.2) is 5.76 Å². The van der Waals surface area contributed by atoms with Crippen LogP contribution in [0.5, 0.6) is 0 Å². The van der Waals surface area contributed by atoms with Gasteiger partial charge in [-0.25, -0.2) is 0 Å². The molecule has 1 aliphatic heterocycles. The first-order chi connectivity index (χ1) is 15.6. The van der Waals surface area contributed by atoms with Gasteiger partial charge in [0.2, 0.25) is 5.91 Å². The van der Waals surface area contributed by atoms with Gasteiger partial charge in [0.1, 0.15) is 6.04 Å². The van der Waals surface area contributed by atoms with Crippen molar-refractivity contribution in [3.63, 3.8) is 0 Å². The maximum absolute atomic E-state index is 13.4. The van der Waals surface area contributed by atoms with Crippen molar-refractivity contribution in [2.75, 3.05) is 26.2 Å². The number of piperazine rings is 1. The van der Waals surface area contributed by atoms with Crippen molar-refractivity contribution in [3.05, 3.63) is 94.9 Å². The van der Waals surface area contributed by atoms with E-state index in [0.717, 1.165) is 30.2 Å². The van der Waals surface area contributed by atoms with Gasteiger partial charge in [-0.05, 0) is 35.4 Å². The fourth-order valence-electron chi connectivity index (χ4n) is 3.88. The van der Waals surface area contributed by atoms with Gasteiger partial charge in [-0.15, -0.1) is 0 Å². The number of hydrogen-bond donors (Lipinski definition) is 1. The zero-order valence-corrected chi connectivity index (χ0v) is 18.5. The second kappa shape index (κ2) is 10.5. The molecule has 0 aliphatic carbocycles. The van der Waals surface area contributed by atoms with Crippen LogP contribution in [0.15, 0.2) is 77.4 Å². The van der Waals surface area contributed by atoms with Crippen molar-refractivity contribution < 1.29 is 14.0 Å². The second-order valence-corrected chi connectivity index (χ2v) is 8.36. The minimum absolute atomic E-state index is 0.0695. The third-order valence-corrected chi connectivity index (χ3v) is 5.89. The number of nitrogens with zero attached hydrogens (tertiary/aromatic N) is 2. The molecule has 32 heavy (non-hydrogen) atoms. The van der Waals surface area contributed by atoms with Crippen LogP contribution in [0, 0.1) is 0 Å². The largest absolute Gasteiger partial charge is 0.459 e. The van der Waals surface area contributed by atoms with Crippen molar-refractivity contribution in [2.24, 2.45) is 0 Å². The van der Waals surface area contributed by atoms with Crippen LogP contribution >= 0.6 is 11.6 Å². The zero-order chi connectivity index (χ0) is 22.3. The smallest absolute Gasteiger partial charge is 0.287 e. The van der Waals surface area contributed by atoms with E-state index in [1.165, 1.54) is 11.8 Å². The van der Waals surface area contributed by atoms with Crippen molar-refractivity contribution in [3.8, 4) is 0 Å². The number of carbonyl (C=O) groups excluding carboxylic acids is 2. The molecule has 1 aliphatic rings. The van der Waals surface area contributed by atoms with Crippen LogP contribution in [0.1, 0.15) is 21.7 Å². The molecule has 2 amide bonds. The minimum Gasteiger partial charge on any atom is -0.459 e. The van der Waals surface area contributed by atoms with Crippen LogP contribution in [0.25, 0.3) is 0 Å². The number of nitrogens with one attached hydrogen (secondary N) is 1. The highest BCUT2D eigenvalue weighted by molar-refractivity contribution is 6.30. The average Bonchev–Trinajstić information content (AvgIpc) is 3.36. The van der Waals surface area contributed by atoms with Crippen LogP contribution in [0.2, 0.25) is 5.02 Å². The Morgan fingerprint density at radius 1 is 0.906 bits per heavy atom. The van der Waals surface area contributed by atoms with Crippen LogP contribution in [0.3, 0.4) is 0 Å². The Morgan fingerprint density at radius 3 is 2.28 bits per heavy atom. The summed E-state index contributed by atoms with van der Waals surface area (Å²) in [5, 5.41) is 3.60. The molecule has 1 N–H and O–H groups in total. The third-order valence-electron chi connectivity index (χ3n) is 5.63. The van der Waals surface area contributed by atoms with Gasteiger partial charge in [-0.3, -0.25) is 14.5 Å². The summed E-state index contributed by atoms with van der Waals surface area (Å²) < 4.78 is 5.20. The molecule has 1 unspecified atom stereocenters. The summed E-state index contributed by atoms with van der Waals surface area (Å²) in [5.74, 6) is -0.255. The van der Waals surface area contributed by atoms with E-state index < -0.39 is 6.04 Å². The van der Waals surface area contributed by atoms with E-state index in [-0.39, 0.29) is 17.6 Å². The Kier molecular flexibility index (Phi) is 7.24. The number of halogens is 1. The molecule has 0 saturated carbocycles. The minimum atomic E-state index is -0.655. The number of furan rings is 1. The van der Waals surface area contributed by atoms with Crippen molar-refractivity contribution in [1.29, 1.82) is 0 Å². The molecule has 1 aromatic heterocycles. The number of amides is 2. The molecular weight excluding hydrogens is 426 g/mol. The molecular formula is C25H26ClN3O3. The highest BCUT2D eigenvalue weighted by atomic mass is 35.5. The molecule has 1 fully saturated rings. The Morgan fingerprint density at radius 2 is 1.62 bits per heavy atom. The lowest BCUT2D eigenvalue weighted by molar-refractivity contribution is -0.135. The summed E-state index contributed by atoms with van der Waals surface area (Å²) in [5.41, 5.74) is 2.19. The quantitative estimate of drug-likeness (QED) is 0.596. The molecule has 0 spiro atoms. The second-order valence-electron chi connectivity index (χ2n) is 7.92. The highest BCUT2D eigenvalue weighted by Gasteiger charge is 2.29. The first kappa shape index (κ1) is 22.1. The van der Waals surface area contributed by atoms with Gasteiger partial charge in [0, 0.05) is 44.2 Å². The van der Waals surface area contributed by atoms with Crippen LogP contribution in [-0.4, -0.2) is 53.8 Å². The van der Waals surface area contributed by atoms with E-state index >= 15 is 0 Å². The standard InChI is InChI=1S/C25H26ClN3O3/c26-21-10-8-20(9-11-21)18-28-12-14-29(15-13-28)25(31)22(17-19-5-2-1-3-6-19)27-24(30)23-7-4-16-32-23/h1-11,16,22H,12-15,17-18H2,(H,27,30). The Labute approximate surface area is 192 Å². The maximum Gasteiger partial charge on any atom is 0.287 e. The average molecular weight is 452 g/mol. The molecule has 2 aromatic carbocycles. The monoisotopic (exact) mass is 451 g/mol. The van der Waals surface area contributed by atoms with Gasteiger partial charge in [0.25, 0.3) is 5.91 Å². The maximum atomic E-state index is 13.4. The molecule has 7 heteroatoms. The van der Waals surface area contributed by atoms with Crippen molar-refractivity contribution in [2.45, 2.75) is 19.0 Å². The van der Waals surface area contributed by atoms with E-state index in [1.807, 2.05) is 59.5 Å². The molecule has 0 radical (unpaired) electrons. The molecule has 1 atom stereocenters. The first-order valence-corrected chi connectivity index (χ1v) is 11.1.